The highest BCUT2D eigenvalue weighted by atomic mass is 35.5. The third-order valence-electron chi connectivity index (χ3n) is 1.82. The van der Waals surface area contributed by atoms with Gasteiger partial charge in [0.2, 0.25) is 0 Å². The van der Waals surface area contributed by atoms with E-state index in [0.717, 1.165) is 6.07 Å². The van der Waals surface area contributed by atoms with E-state index in [0.29, 0.717) is 0 Å². The van der Waals surface area contributed by atoms with Gasteiger partial charge in [0.15, 0.2) is 0 Å². The zero-order valence-electron chi connectivity index (χ0n) is 7.77. The molecule has 0 aliphatic heterocycles. The minimum absolute atomic E-state index is 0. The fourth-order valence-corrected chi connectivity index (χ4v) is 1.21. The van der Waals surface area contributed by atoms with Gasteiger partial charge >= 0.3 is 0 Å². The van der Waals surface area contributed by atoms with Crippen molar-refractivity contribution in [3.05, 3.63) is 38.9 Å². The summed E-state index contributed by atoms with van der Waals surface area (Å²) >= 11 is 5.51. The highest BCUT2D eigenvalue weighted by molar-refractivity contribution is 6.32. The normalized spacial score (nSPS) is 12.1. The molecule has 0 saturated heterocycles. The van der Waals surface area contributed by atoms with Crippen molar-refractivity contribution < 1.29 is 13.7 Å². The van der Waals surface area contributed by atoms with E-state index in [1.165, 1.54) is 12.1 Å². The number of nitrogens with two attached hydrogens (primary N) is 1. The topological polar surface area (TPSA) is 69.2 Å². The largest absolute Gasteiger partial charge is 0.319 e. The molecular formula is C8H8Cl2F2N2O2. The molecule has 90 valence electrons. The van der Waals surface area contributed by atoms with Gasteiger partial charge < -0.3 is 5.73 Å². The predicted molar refractivity (Wildman–Crippen MR) is 58.3 cm³/mol. The second kappa shape index (κ2) is 5.93. The van der Waals surface area contributed by atoms with Gasteiger partial charge in [0.05, 0.1) is 11.0 Å². The molecule has 8 heteroatoms. The molecule has 1 aromatic rings. The molecule has 0 aliphatic carbocycles. The van der Waals surface area contributed by atoms with Crippen molar-refractivity contribution in [1.82, 2.24) is 0 Å². The summed E-state index contributed by atoms with van der Waals surface area (Å²) in [4.78, 5) is 9.71. The first kappa shape index (κ1) is 15.0. The molecule has 1 atom stereocenters. The van der Waals surface area contributed by atoms with Crippen molar-refractivity contribution in [2.45, 2.75) is 12.5 Å². The number of hydrogen-bond acceptors (Lipinski definition) is 3. The first-order chi connectivity index (χ1) is 6.93. The zero-order valence-corrected chi connectivity index (χ0v) is 9.34. The lowest BCUT2D eigenvalue weighted by molar-refractivity contribution is -0.384. The average molecular weight is 273 g/mol. The lowest BCUT2D eigenvalue weighted by Gasteiger charge is -2.10. The van der Waals surface area contributed by atoms with Crippen LogP contribution < -0.4 is 5.73 Å². The van der Waals surface area contributed by atoms with Crippen molar-refractivity contribution in [3.63, 3.8) is 0 Å². The summed E-state index contributed by atoms with van der Waals surface area (Å²) in [6, 6.07) is 1.84. The zero-order chi connectivity index (χ0) is 11.6. The van der Waals surface area contributed by atoms with Gasteiger partial charge in [0.1, 0.15) is 5.02 Å². The smallest absolute Gasteiger partial charge is 0.288 e. The molecular weight excluding hydrogens is 265 g/mol. The predicted octanol–water partition coefficient (Wildman–Crippen LogP) is 2.93. The molecule has 0 fully saturated rings. The molecule has 0 aliphatic rings. The van der Waals surface area contributed by atoms with Gasteiger partial charge in [-0.1, -0.05) is 17.7 Å². The van der Waals surface area contributed by atoms with Crippen molar-refractivity contribution in [1.29, 1.82) is 0 Å². The molecule has 0 unspecified atom stereocenters. The molecule has 1 aromatic carbocycles. The highest BCUT2D eigenvalue weighted by Gasteiger charge is 2.21. The van der Waals surface area contributed by atoms with Crippen molar-refractivity contribution in [2.75, 3.05) is 0 Å². The highest BCUT2D eigenvalue weighted by Crippen LogP contribution is 2.28. The van der Waals surface area contributed by atoms with Crippen LogP contribution in [0, 0.1) is 10.1 Å². The van der Waals surface area contributed by atoms with E-state index in [1.807, 2.05) is 0 Å². The number of hydrogen-bond donors (Lipinski definition) is 1. The molecule has 0 aromatic heterocycles. The third-order valence-corrected chi connectivity index (χ3v) is 2.14. The van der Waals surface area contributed by atoms with Gasteiger partial charge in [-0.25, -0.2) is 8.78 Å². The van der Waals surface area contributed by atoms with Crippen LogP contribution in [-0.4, -0.2) is 11.3 Å². The standard InChI is InChI=1S/C8H7ClF2N2O2.ClH/c9-5-2-1-4(7(12)8(10)11)3-6(5)13(14)15;/h1-3,7-8H,12H2;1H/t7-;/m0./s1. The summed E-state index contributed by atoms with van der Waals surface area (Å²) in [6.07, 6.45) is -2.77. The Bertz CT molecular complexity index is 390. The monoisotopic (exact) mass is 272 g/mol. The summed E-state index contributed by atoms with van der Waals surface area (Å²) in [6.45, 7) is 0. The first-order valence-electron chi connectivity index (χ1n) is 3.91. The van der Waals surface area contributed by atoms with Crippen LogP contribution in [0.15, 0.2) is 18.2 Å². The van der Waals surface area contributed by atoms with Crippen LogP contribution in [-0.2, 0) is 0 Å². The molecule has 4 nitrogen and oxygen atoms in total. The molecule has 2 N–H and O–H groups in total. The molecule has 16 heavy (non-hydrogen) atoms. The molecule has 0 radical (unpaired) electrons. The van der Waals surface area contributed by atoms with E-state index in [2.05, 4.69) is 0 Å². The minimum atomic E-state index is -2.77. The maximum Gasteiger partial charge on any atom is 0.288 e. The summed E-state index contributed by atoms with van der Waals surface area (Å²) in [5.74, 6) is 0. The summed E-state index contributed by atoms with van der Waals surface area (Å²) < 4.78 is 24.4. The number of halogens is 4. The summed E-state index contributed by atoms with van der Waals surface area (Å²) in [5, 5.41) is 10.4. The second-order valence-electron chi connectivity index (χ2n) is 2.83. The van der Waals surface area contributed by atoms with E-state index in [-0.39, 0.29) is 23.0 Å². The average Bonchev–Trinajstić information content (AvgIpc) is 2.16. The van der Waals surface area contributed by atoms with E-state index < -0.39 is 23.1 Å². The first-order valence-corrected chi connectivity index (χ1v) is 4.29. The Hall–Kier alpha value is -0.980. The number of rotatable bonds is 3. The summed E-state index contributed by atoms with van der Waals surface area (Å²) in [5.41, 5.74) is 4.70. The molecule has 1 rings (SSSR count). The fourth-order valence-electron chi connectivity index (χ4n) is 1.02. The van der Waals surface area contributed by atoms with Gasteiger partial charge in [0.25, 0.3) is 12.1 Å². The molecule has 0 saturated carbocycles. The molecule has 0 heterocycles. The van der Waals surface area contributed by atoms with Gasteiger partial charge in [-0.15, -0.1) is 12.4 Å². The lowest BCUT2D eigenvalue weighted by atomic mass is 10.1. The van der Waals surface area contributed by atoms with Crippen LogP contribution in [0.2, 0.25) is 5.02 Å². The fraction of sp³-hybridized carbons (Fsp3) is 0.250. The van der Waals surface area contributed by atoms with Crippen molar-refractivity contribution in [2.24, 2.45) is 5.73 Å². The van der Waals surface area contributed by atoms with E-state index in [1.54, 1.807) is 0 Å². The van der Waals surface area contributed by atoms with Crippen LogP contribution in [0.4, 0.5) is 14.5 Å². The Morgan fingerprint density at radius 1 is 1.44 bits per heavy atom. The van der Waals surface area contributed by atoms with Crippen LogP contribution in [0.25, 0.3) is 0 Å². The number of nitrogens with zero attached hydrogens (tertiary/aromatic N) is 1. The van der Waals surface area contributed by atoms with Crippen LogP contribution in [0.1, 0.15) is 11.6 Å². The second-order valence-corrected chi connectivity index (χ2v) is 3.24. The SMILES string of the molecule is Cl.N[C@@H](c1ccc(Cl)c([N+](=O)[O-])c1)C(F)F. The molecule has 0 bridgehead atoms. The Morgan fingerprint density at radius 3 is 2.44 bits per heavy atom. The van der Waals surface area contributed by atoms with Crippen LogP contribution >= 0.6 is 24.0 Å². The number of nitro benzene ring substituents is 1. The van der Waals surface area contributed by atoms with Gasteiger partial charge in [-0.3, -0.25) is 10.1 Å². The van der Waals surface area contributed by atoms with E-state index in [9.17, 15) is 18.9 Å². The Labute approximate surface area is 101 Å². The third kappa shape index (κ3) is 3.26. The Morgan fingerprint density at radius 2 is 2.00 bits per heavy atom. The quantitative estimate of drug-likeness (QED) is 0.680. The van der Waals surface area contributed by atoms with Gasteiger partial charge in [0, 0.05) is 6.07 Å². The van der Waals surface area contributed by atoms with Gasteiger partial charge in [-0.05, 0) is 11.6 Å². The van der Waals surface area contributed by atoms with Crippen molar-refractivity contribution >= 4 is 29.7 Å². The number of nitro groups is 1. The molecule has 0 spiro atoms. The number of alkyl halides is 2. The van der Waals surface area contributed by atoms with E-state index in [4.69, 9.17) is 17.3 Å². The molecule has 0 amide bonds. The number of benzene rings is 1. The Balaban J connectivity index is 0.00000225. The minimum Gasteiger partial charge on any atom is -0.319 e. The summed E-state index contributed by atoms with van der Waals surface area (Å²) in [7, 11) is 0. The van der Waals surface area contributed by atoms with Crippen molar-refractivity contribution in [3.8, 4) is 0 Å². The maximum atomic E-state index is 12.2. The van der Waals surface area contributed by atoms with Gasteiger partial charge in [-0.2, -0.15) is 0 Å². The van der Waals surface area contributed by atoms with Crippen LogP contribution in [0.3, 0.4) is 0 Å². The van der Waals surface area contributed by atoms with Crippen LogP contribution in [0.5, 0.6) is 0 Å². The Kier molecular flexibility index (Phi) is 5.57. The maximum absolute atomic E-state index is 12.2. The van der Waals surface area contributed by atoms with E-state index >= 15 is 0 Å². The lowest BCUT2D eigenvalue weighted by Crippen LogP contribution is -2.18.